The highest BCUT2D eigenvalue weighted by atomic mass is 35.5. The van der Waals surface area contributed by atoms with Crippen LogP contribution in [0.2, 0.25) is 5.02 Å². The number of carboxylic acid groups (broad SMARTS) is 1. The van der Waals surface area contributed by atoms with Crippen LogP contribution in [-0.4, -0.2) is 11.1 Å². The molecule has 0 spiro atoms. The first kappa shape index (κ1) is 11.7. The first-order valence-electron chi connectivity index (χ1n) is 5.18. The highest BCUT2D eigenvalue weighted by molar-refractivity contribution is 6.31. The van der Waals surface area contributed by atoms with Crippen LogP contribution in [0.3, 0.4) is 0 Å². The topological polar surface area (TPSA) is 37.3 Å². The highest BCUT2D eigenvalue weighted by Gasteiger charge is 2.05. The molecule has 2 aromatic rings. The maximum Gasteiger partial charge on any atom is 0.335 e. The second-order valence-corrected chi connectivity index (χ2v) is 4.26. The van der Waals surface area contributed by atoms with Gasteiger partial charge >= 0.3 is 5.97 Å². The molecule has 0 unspecified atom stereocenters. The van der Waals surface area contributed by atoms with Crippen LogP contribution < -0.4 is 0 Å². The molecule has 0 saturated heterocycles. The van der Waals surface area contributed by atoms with Gasteiger partial charge in [0.1, 0.15) is 0 Å². The first-order chi connectivity index (χ1) is 8.08. The predicted molar refractivity (Wildman–Crippen MR) is 68.6 cm³/mol. The summed E-state index contributed by atoms with van der Waals surface area (Å²) in [6.45, 7) is 1.93. The lowest BCUT2D eigenvalue weighted by Crippen LogP contribution is -1.95. The van der Waals surface area contributed by atoms with Crippen molar-refractivity contribution in [2.75, 3.05) is 0 Å². The van der Waals surface area contributed by atoms with Crippen LogP contribution in [0.15, 0.2) is 42.5 Å². The van der Waals surface area contributed by atoms with Crippen molar-refractivity contribution < 1.29 is 9.90 Å². The molecule has 86 valence electrons. The van der Waals surface area contributed by atoms with Crippen molar-refractivity contribution in [3.8, 4) is 11.1 Å². The van der Waals surface area contributed by atoms with Gasteiger partial charge in [-0.3, -0.25) is 0 Å². The number of hydrogen-bond acceptors (Lipinski definition) is 1. The maximum absolute atomic E-state index is 10.9. The van der Waals surface area contributed by atoms with Gasteiger partial charge in [0, 0.05) is 5.02 Å². The van der Waals surface area contributed by atoms with Crippen LogP contribution in [0, 0.1) is 6.92 Å². The van der Waals surface area contributed by atoms with E-state index < -0.39 is 5.97 Å². The number of rotatable bonds is 2. The molecule has 3 heteroatoms. The minimum Gasteiger partial charge on any atom is -0.478 e. The summed E-state index contributed by atoms with van der Waals surface area (Å²) in [5, 5.41) is 9.61. The fraction of sp³-hybridized carbons (Fsp3) is 0.0714. The summed E-state index contributed by atoms with van der Waals surface area (Å²) in [7, 11) is 0. The minimum absolute atomic E-state index is 0.277. The molecular formula is C14H11ClO2. The molecule has 0 aliphatic carbocycles. The average Bonchev–Trinajstić information content (AvgIpc) is 2.33. The van der Waals surface area contributed by atoms with Crippen LogP contribution >= 0.6 is 11.6 Å². The Bertz CT molecular complexity index is 576. The van der Waals surface area contributed by atoms with Gasteiger partial charge < -0.3 is 5.11 Å². The number of aromatic carboxylic acids is 1. The molecule has 0 aliphatic heterocycles. The zero-order chi connectivity index (χ0) is 12.4. The van der Waals surface area contributed by atoms with Crippen molar-refractivity contribution in [1.29, 1.82) is 0 Å². The van der Waals surface area contributed by atoms with E-state index in [9.17, 15) is 4.79 Å². The summed E-state index contributed by atoms with van der Waals surface area (Å²) >= 11 is 6.05. The molecule has 0 amide bonds. The van der Waals surface area contributed by atoms with E-state index in [4.69, 9.17) is 16.7 Å². The molecule has 2 aromatic carbocycles. The molecule has 17 heavy (non-hydrogen) atoms. The summed E-state index contributed by atoms with van der Waals surface area (Å²) in [5.41, 5.74) is 3.06. The van der Waals surface area contributed by atoms with Crippen LogP contribution in [-0.2, 0) is 0 Å². The number of benzene rings is 2. The van der Waals surface area contributed by atoms with E-state index in [1.165, 1.54) is 0 Å². The third-order valence-electron chi connectivity index (χ3n) is 2.61. The highest BCUT2D eigenvalue weighted by Crippen LogP contribution is 2.25. The number of halogens is 1. The van der Waals surface area contributed by atoms with Crippen LogP contribution in [0.5, 0.6) is 0 Å². The van der Waals surface area contributed by atoms with Crippen molar-refractivity contribution in [2.24, 2.45) is 0 Å². The van der Waals surface area contributed by atoms with Crippen molar-refractivity contribution >= 4 is 17.6 Å². The van der Waals surface area contributed by atoms with E-state index in [1.54, 1.807) is 18.2 Å². The summed E-state index contributed by atoms with van der Waals surface area (Å²) in [6, 6.07) is 12.5. The minimum atomic E-state index is -0.926. The lowest BCUT2D eigenvalue weighted by atomic mass is 10.0. The Morgan fingerprint density at radius 3 is 2.47 bits per heavy atom. The van der Waals surface area contributed by atoms with Crippen molar-refractivity contribution in [3.63, 3.8) is 0 Å². The normalized spacial score (nSPS) is 10.2. The molecule has 0 atom stereocenters. The first-order valence-corrected chi connectivity index (χ1v) is 5.55. The summed E-state index contributed by atoms with van der Waals surface area (Å²) in [4.78, 5) is 10.9. The Balaban J connectivity index is 2.49. The maximum atomic E-state index is 10.9. The molecule has 0 fully saturated rings. The van der Waals surface area contributed by atoms with Crippen LogP contribution in [0.4, 0.5) is 0 Å². The quantitative estimate of drug-likeness (QED) is 0.869. The molecule has 1 N–H and O–H groups in total. The second kappa shape index (κ2) is 4.60. The molecule has 0 heterocycles. The summed E-state index contributed by atoms with van der Waals surface area (Å²) in [6.07, 6.45) is 0. The number of carbonyl (C=O) groups is 1. The van der Waals surface area contributed by atoms with Crippen molar-refractivity contribution in [2.45, 2.75) is 6.92 Å². The van der Waals surface area contributed by atoms with Gasteiger partial charge in [0.2, 0.25) is 0 Å². The van der Waals surface area contributed by atoms with Gasteiger partial charge in [0.05, 0.1) is 5.56 Å². The van der Waals surface area contributed by atoms with E-state index >= 15 is 0 Å². The Kier molecular flexibility index (Phi) is 3.16. The fourth-order valence-corrected chi connectivity index (χ4v) is 1.78. The van der Waals surface area contributed by atoms with Gasteiger partial charge in [-0.2, -0.15) is 0 Å². The molecule has 0 radical (unpaired) electrons. The monoisotopic (exact) mass is 246 g/mol. The number of carboxylic acids is 1. The third kappa shape index (κ3) is 2.48. The Morgan fingerprint density at radius 1 is 1.12 bits per heavy atom. The SMILES string of the molecule is Cc1ccc(-c2cccc(C(=O)O)c2)cc1Cl. The van der Waals surface area contributed by atoms with Crippen molar-refractivity contribution in [1.82, 2.24) is 0 Å². The molecule has 0 bridgehead atoms. The van der Waals surface area contributed by atoms with Gasteiger partial charge in [-0.15, -0.1) is 0 Å². The van der Waals surface area contributed by atoms with E-state index in [2.05, 4.69) is 0 Å². The molecule has 0 aromatic heterocycles. The smallest absolute Gasteiger partial charge is 0.335 e. The van der Waals surface area contributed by atoms with Crippen LogP contribution in [0.1, 0.15) is 15.9 Å². The van der Waals surface area contributed by atoms with Crippen molar-refractivity contribution in [3.05, 3.63) is 58.6 Å². The van der Waals surface area contributed by atoms with Crippen LogP contribution in [0.25, 0.3) is 11.1 Å². The number of hydrogen-bond donors (Lipinski definition) is 1. The third-order valence-corrected chi connectivity index (χ3v) is 3.02. The van der Waals surface area contributed by atoms with Gasteiger partial charge in [0.15, 0.2) is 0 Å². The van der Waals surface area contributed by atoms with E-state index in [0.717, 1.165) is 16.7 Å². The lowest BCUT2D eigenvalue weighted by Gasteiger charge is -2.05. The van der Waals surface area contributed by atoms with Gasteiger partial charge in [0.25, 0.3) is 0 Å². The largest absolute Gasteiger partial charge is 0.478 e. The van der Waals surface area contributed by atoms with E-state index in [0.29, 0.717) is 5.02 Å². The van der Waals surface area contributed by atoms with E-state index in [1.807, 2.05) is 31.2 Å². The Morgan fingerprint density at radius 2 is 1.82 bits per heavy atom. The second-order valence-electron chi connectivity index (χ2n) is 3.85. The zero-order valence-electron chi connectivity index (χ0n) is 9.27. The van der Waals surface area contributed by atoms with E-state index in [-0.39, 0.29) is 5.56 Å². The number of aryl methyl sites for hydroxylation is 1. The predicted octanol–water partition coefficient (Wildman–Crippen LogP) is 4.01. The van der Waals surface area contributed by atoms with Gasteiger partial charge in [-0.25, -0.2) is 4.79 Å². The molecule has 2 rings (SSSR count). The fourth-order valence-electron chi connectivity index (χ4n) is 1.60. The molecule has 2 nitrogen and oxygen atoms in total. The zero-order valence-corrected chi connectivity index (χ0v) is 10.0. The Hall–Kier alpha value is -1.80. The standard InChI is InChI=1S/C14H11ClO2/c1-9-5-6-11(8-13(9)15)10-3-2-4-12(7-10)14(16)17/h2-8H,1H3,(H,16,17). The summed E-state index contributed by atoms with van der Waals surface area (Å²) in [5.74, 6) is -0.926. The lowest BCUT2D eigenvalue weighted by molar-refractivity contribution is 0.0697. The average molecular weight is 247 g/mol. The Labute approximate surface area is 104 Å². The molecular weight excluding hydrogens is 236 g/mol. The van der Waals surface area contributed by atoms with Gasteiger partial charge in [-0.1, -0.05) is 35.9 Å². The molecule has 0 saturated carbocycles. The summed E-state index contributed by atoms with van der Waals surface area (Å²) < 4.78 is 0. The molecule has 0 aliphatic rings. The van der Waals surface area contributed by atoms with Gasteiger partial charge in [-0.05, 0) is 41.8 Å².